The van der Waals surface area contributed by atoms with Crippen LogP contribution in [0, 0.1) is 5.41 Å². The Labute approximate surface area is 227 Å². The van der Waals surface area contributed by atoms with Crippen molar-refractivity contribution in [2.75, 3.05) is 38.1 Å². The number of piperidine rings is 1. The number of aryl methyl sites for hydroxylation is 1. The Morgan fingerprint density at radius 1 is 1.02 bits per heavy atom. The number of hydrogen-bond acceptors (Lipinski definition) is 9. The number of ether oxygens (including phenoxy) is 1. The van der Waals surface area contributed by atoms with E-state index in [1.807, 2.05) is 4.90 Å². The van der Waals surface area contributed by atoms with Crippen molar-refractivity contribution in [2.45, 2.75) is 19.0 Å². The van der Waals surface area contributed by atoms with Gasteiger partial charge in [-0.05, 0) is 68.4 Å². The number of aromatic hydroxyl groups is 1. The Morgan fingerprint density at radius 2 is 1.77 bits per heavy atom. The number of hydrogen-bond donors (Lipinski definition) is 1. The maximum atomic E-state index is 13.1. The Bertz CT molecular complexity index is 1590. The zero-order valence-corrected chi connectivity index (χ0v) is 21.8. The number of anilines is 1. The van der Waals surface area contributed by atoms with Crippen molar-refractivity contribution in [3.05, 3.63) is 42.7 Å². The van der Waals surface area contributed by atoms with Gasteiger partial charge in [0.2, 0.25) is 5.95 Å². The zero-order valence-electron chi connectivity index (χ0n) is 21.8. The molecule has 10 nitrogen and oxygen atoms in total. The van der Waals surface area contributed by atoms with Crippen LogP contribution in [0.25, 0.3) is 33.3 Å². The number of halogens is 3. The van der Waals surface area contributed by atoms with Crippen molar-refractivity contribution < 1.29 is 27.8 Å². The van der Waals surface area contributed by atoms with E-state index in [4.69, 9.17) is 4.74 Å². The van der Waals surface area contributed by atoms with Crippen LogP contribution in [0.1, 0.15) is 12.8 Å². The van der Waals surface area contributed by atoms with Gasteiger partial charge >= 0.3 is 12.1 Å². The summed E-state index contributed by atoms with van der Waals surface area (Å²) in [6.07, 6.45) is -0.107. The molecule has 13 heteroatoms. The van der Waals surface area contributed by atoms with E-state index in [9.17, 15) is 23.1 Å². The van der Waals surface area contributed by atoms with Gasteiger partial charge < -0.3 is 19.6 Å². The van der Waals surface area contributed by atoms with Gasteiger partial charge in [-0.15, -0.1) is 10.2 Å². The molecule has 0 saturated carbocycles. The number of carbonyl (C=O) groups excluding carboxylic acids is 1. The second-order valence-electron chi connectivity index (χ2n) is 10.6. The molecule has 2 aromatic carbocycles. The van der Waals surface area contributed by atoms with Gasteiger partial charge in [0.05, 0.1) is 23.5 Å². The van der Waals surface area contributed by atoms with Gasteiger partial charge in [-0.1, -0.05) is 6.07 Å². The van der Waals surface area contributed by atoms with Gasteiger partial charge in [0, 0.05) is 30.9 Å². The van der Waals surface area contributed by atoms with Crippen LogP contribution in [0.15, 0.2) is 42.7 Å². The lowest BCUT2D eigenvalue weighted by Crippen LogP contribution is -2.60. The molecular formula is C27H26F3N7O3. The van der Waals surface area contributed by atoms with Crippen molar-refractivity contribution in [1.29, 1.82) is 0 Å². The highest BCUT2D eigenvalue weighted by molar-refractivity contribution is 5.88. The molecule has 0 atom stereocenters. The molecule has 6 rings (SSSR count). The Hall–Kier alpha value is -4.26. The molecule has 1 spiro atoms. The van der Waals surface area contributed by atoms with E-state index in [0.717, 1.165) is 49.9 Å². The topological polar surface area (TPSA) is 110 Å². The lowest BCUT2D eigenvalue weighted by Gasteiger charge is -2.53. The quantitative estimate of drug-likeness (QED) is 0.298. The summed E-state index contributed by atoms with van der Waals surface area (Å²) in [6.45, 7) is 3.68. The van der Waals surface area contributed by atoms with E-state index in [-0.39, 0.29) is 16.7 Å². The minimum absolute atomic E-state index is 0.0324. The lowest BCUT2D eigenvalue weighted by molar-refractivity contribution is -0.189. The molecule has 2 aliphatic rings. The smallest absolute Gasteiger partial charge is 0.491 e. The number of benzene rings is 2. The molecule has 1 N–H and O–H groups in total. The molecule has 0 aliphatic carbocycles. The number of alkyl halides is 3. The molecule has 2 aliphatic heterocycles. The number of carbonyl (C=O) groups is 1. The second-order valence-corrected chi connectivity index (χ2v) is 10.6. The summed E-state index contributed by atoms with van der Waals surface area (Å²) in [4.78, 5) is 20.5. The first kappa shape index (κ1) is 26.0. The van der Waals surface area contributed by atoms with Gasteiger partial charge in [-0.2, -0.15) is 18.3 Å². The summed E-state index contributed by atoms with van der Waals surface area (Å²) in [5.41, 5.74) is 1.74. The van der Waals surface area contributed by atoms with E-state index in [1.54, 1.807) is 36.1 Å². The van der Waals surface area contributed by atoms with Gasteiger partial charge in [-0.25, -0.2) is 9.78 Å². The molecule has 0 unspecified atom stereocenters. The molecule has 40 heavy (non-hydrogen) atoms. The summed E-state index contributed by atoms with van der Waals surface area (Å²) >= 11 is 0. The monoisotopic (exact) mass is 553 g/mol. The Kier molecular flexibility index (Phi) is 6.13. The number of rotatable bonds is 4. The average molecular weight is 554 g/mol. The largest absolute Gasteiger partial charge is 0.507 e. The third-order valence-electron chi connectivity index (χ3n) is 7.78. The lowest BCUT2D eigenvalue weighted by atomic mass is 9.72. The third-order valence-corrected chi connectivity index (χ3v) is 7.78. The minimum atomic E-state index is -5.24. The zero-order chi connectivity index (χ0) is 28.2. The van der Waals surface area contributed by atoms with Crippen molar-refractivity contribution in [3.63, 3.8) is 0 Å². The van der Waals surface area contributed by atoms with Gasteiger partial charge in [0.25, 0.3) is 0 Å². The van der Waals surface area contributed by atoms with Crippen LogP contribution in [0.3, 0.4) is 0 Å². The van der Waals surface area contributed by atoms with Crippen LogP contribution in [0.5, 0.6) is 11.5 Å². The second kappa shape index (κ2) is 9.44. The van der Waals surface area contributed by atoms with E-state index in [1.165, 1.54) is 18.3 Å². The van der Waals surface area contributed by atoms with Crippen LogP contribution in [-0.2, 0) is 11.8 Å². The Balaban J connectivity index is 1.32. The standard InChI is InChI=1S/C27H26F3N7O3/c1-35-7-5-26(6-8-35)14-37(15-26)25-31-13-19(33-34-25)23-21(38)10-17(11-22(23)40-24(39)27(28,29)30)16-3-4-20-18(9-16)12-32-36(20)2/h3-4,9-13,38H,5-8,14-15H2,1-2H3. The first-order valence-electron chi connectivity index (χ1n) is 12.7. The maximum Gasteiger partial charge on any atom is 0.491 e. The van der Waals surface area contributed by atoms with Crippen LogP contribution >= 0.6 is 0 Å². The van der Waals surface area contributed by atoms with Crippen molar-refractivity contribution in [3.8, 4) is 33.9 Å². The summed E-state index contributed by atoms with van der Waals surface area (Å²) in [5, 5.41) is 24.2. The highest BCUT2D eigenvalue weighted by Gasteiger charge is 2.45. The SMILES string of the molecule is CN1CCC2(CC1)CN(c1ncc(-c3c(O)cc(-c4ccc5c(cnn5C)c4)cc3OC(=O)C(F)(F)F)nn1)C2. The first-order chi connectivity index (χ1) is 19.0. The number of fused-ring (bicyclic) bond motifs is 1. The molecule has 4 aromatic rings. The van der Waals surface area contributed by atoms with Crippen LogP contribution < -0.4 is 9.64 Å². The molecule has 4 heterocycles. The summed E-state index contributed by atoms with van der Waals surface area (Å²) in [6, 6.07) is 7.92. The first-order valence-corrected chi connectivity index (χ1v) is 12.7. The highest BCUT2D eigenvalue weighted by Crippen LogP contribution is 2.43. The van der Waals surface area contributed by atoms with Crippen LogP contribution in [-0.4, -0.2) is 80.3 Å². The van der Waals surface area contributed by atoms with Crippen molar-refractivity contribution >= 4 is 22.8 Å². The van der Waals surface area contributed by atoms with Crippen molar-refractivity contribution in [2.24, 2.45) is 12.5 Å². The fourth-order valence-corrected chi connectivity index (χ4v) is 5.45. The van der Waals surface area contributed by atoms with Gasteiger partial charge in [-0.3, -0.25) is 4.68 Å². The number of aromatic nitrogens is 5. The molecule has 208 valence electrons. The fourth-order valence-electron chi connectivity index (χ4n) is 5.45. The Morgan fingerprint density at radius 3 is 2.45 bits per heavy atom. The molecule has 2 saturated heterocycles. The number of esters is 1. The fraction of sp³-hybridized carbons (Fsp3) is 0.370. The van der Waals surface area contributed by atoms with Crippen LogP contribution in [0.4, 0.5) is 19.1 Å². The summed E-state index contributed by atoms with van der Waals surface area (Å²) < 4.78 is 45.8. The number of phenolic OH excluding ortho intramolecular Hbond substituents is 1. The molecule has 2 aromatic heterocycles. The molecule has 0 bridgehead atoms. The normalized spacial score (nSPS) is 17.3. The van der Waals surface area contributed by atoms with E-state index < -0.39 is 23.6 Å². The predicted molar refractivity (Wildman–Crippen MR) is 140 cm³/mol. The molecular weight excluding hydrogens is 527 g/mol. The number of nitrogens with zero attached hydrogens (tertiary/aromatic N) is 7. The van der Waals surface area contributed by atoms with Crippen LogP contribution in [0.2, 0.25) is 0 Å². The maximum absolute atomic E-state index is 13.1. The van der Waals surface area contributed by atoms with Gasteiger partial charge in [0.15, 0.2) is 0 Å². The third kappa shape index (κ3) is 4.70. The summed E-state index contributed by atoms with van der Waals surface area (Å²) in [7, 11) is 3.89. The average Bonchev–Trinajstić information content (AvgIpc) is 3.27. The molecule has 2 fully saturated rings. The molecule has 0 radical (unpaired) electrons. The van der Waals surface area contributed by atoms with E-state index in [2.05, 4.69) is 32.2 Å². The number of likely N-dealkylation sites (tertiary alicyclic amines) is 1. The molecule has 0 amide bonds. The highest BCUT2D eigenvalue weighted by atomic mass is 19.4. The number of phenols is 1. The summed E-state index contributed by atoms with van der Waals surface area (Å²) in [5.74, 6) is -2.98. The minimum Gasteiger partial charge on any atom is -0.507 e. The van der Waals surface area contributed by atoms with Gasteiger partial charge in [0.1, 0.15) is 17.2 Å². The van der Waals surface area contributed by atoms with E-state index in [0.29, 0.717) is 17.1 Å². The predicted octanol–water partition coefficient (Wildman–Crippen LogP) is 3.80. The van der Waals surface area contributed by atoms with E-state index >= 15 is 0 Å². The van der Waals surface area contributed by atoms with Crippen molar-refractivity contribution in [1.82, 2.24) is 29.9 Å².